The summed E-state index contributed by atoms with van der Waals surface area (Å²) in [5.41, 5.74) is 0. The van der Waals surface area contributed by atoms with Gasteiger partial charge in [-0.15, -0.1) is 12.6 Å². The van der Waals surface area contributed by atoms with E-state index >= 15 is 0 Å². The lowest BCUT2D eigenvalue weighted by Crippen LogP contribution is -2.25. The average molecular weight is 305 g/mol. The fourth-order valence-electron chi connectivity index (χ4n) is 1.51. The van der Waals surface area contributed by atoms with E-state index in [2.05, 4.69) is 24.9 Å². The molecule has 0 bridgehead atoms. The fraction of sp³-hybridized carbons (Fsp3) is 0.769. The Bertz CT molecular complexity index is 296. The van der Waals surface area contributed by atoms with Gasteiger partial charge < -0.3 is 5.32 Å². The number of amides is 1. The van der Waals surface area contributed by atoms with Crippen LogP contribution in [0.15, 0.2) is 0 Å². The molecule has 0 radical (unpaired) electrons. The largest absolute Gasteiger partial charge is 0.355 e. The third-order valence-corrected chi connectivity index (χ3v) is 3.52. The molecule has 1 amide bonds. The molecule has 0 rings (SSSR count). The van der Waals surface area contributed by atoms with Crippen molar-refractivity contribution in [2.45, 2.75) is 51.9 Å². The van der Waals surface area contributed by atoms with Crippen molar-refractivity contribution in [3.8, 4) is 0 Å². The summed E-state index contributed by atoms with van der Waals surface area (Å²) in [6.07, 6.45) is 6.03. The summed E-state index contributed by atoms with van der Waals surface area (Å²) in [5.74, 6) is 0.538. The number of hydrogen-bond acceptors (Lipinski definition) is 4. The zero-order chi connectivity index (χ0) is 14.5. The number of carbonyl (C=O) groups is 3. The quantitative estimate of drug-likeness (QED) is 0.350. The fourth-order valence-corrected chi connectivity index (χ4v) is 2.42. The van der Waals surface area contributed by atoms with Gasteiger partial charge in [-0.2, -0.15) is 0 Å². The Labute approximate surface area is 124 Å². The summed E-state index contributed by atoms with van der Waals surface area (Å²) in [5, 5.41) is 2.14. The minimum Gasteiger partial charge on any atom is -0.355 e. The topological polar surface area (TPSA) is 63.2 Å². The zero-order valence-corrected chi connectivity index (χ0v) is 13.2. The average Bonchev–Trinajstić information content (AvgIpc) is 2.33. The maximum Gasteiger partial charge on any atom is 0.220 e. The Hall–Kier alpha value is -0.490. The van der Waals surface area contributed by atoms with E-state index in [-0.39, 0.29) is 17.4 Å². The number of rotatable bonds is 11. The summed E-state index contributed by atoms with van der Waals surface area (Å²) >= 11 is 4.59. The molecule has 0 saturated carbocycles. The summed E-state index contributed by atoms with van der Waals surface area (Å²) in [7, 11) is 0. The van der Waals surface area contributed by atoms with Crippen LogP contribution in [-0.2, 0) is 14.4 Å². The molecule has 4 nitrogen and oxygen atoms in total. The first kappa shape index (κ1) is 18.5. The van der Waals surface area contributed by atoms with Crippen LogP contribution >= 0.6 is 24.4 Å². The molecule has 0 aromatic carbocycles. The Morgan fingerprint density at radius 3 is 2.42 bits per heavy atom. The Morgan fingerprint density at radius 1 is 1.11 bits per heavy atom. The van der Waals surface area contributed by atoms with Crippen molar-refractivity contribution >= 4 is 40.5 Å². The van der Waals surface area contributed by atoms with Crippen LogP contribution in [0.25, 0.3) is 0 Å². The van der Waals surface area contributed by atoms with E-state index in [9.17, 15) is 14.4 Å². The third-order valence-electron chi connectivity index (χ3n) is 2.49. The van der Waals surface area contributed by atoms with E-state index < -0.39 is 5.12 Å². The van der Waals surface area contributed by atoms with Gasteiger partial charge in [-0.1, -0.05) is 44.4 Å². The van der Waals surface area contributed by atoms with Gasteiger partial charge in [0.15, 0.2) is 10.2 Å². The Kier molecular flexibility index (Phi) is 12.2. The molecule has 19 heavy (non-hydrogen) atoms. The lowest BCUT2D eigenvalue weighted by molar-refractivity contribution is -0.121. The second-order valence-corrected chi connectivity index (χ2v) is 5.96. The van der Waals surface area contributed by atoms with Gasteiger partial charge in [0.1, 0.15) is 0 Å². The number of unbranched alkanes of at least 4 members (excludes halogenated alkanes) is 4. The predicted octanol–water partition coefficient (Wildman–Crippen LogP) is 2.57. The number of hydrogen-bond donors (Lipinski definition) is 2. The molecule has 0 heterocycles. The second-order valence-electron chi connectivity index (χ2n) is 4.31. The van der Waals surface area contributed by atoms with Crippen LogP contribution in [0.5, 0.6) is 0 Å². The van der Waals surface area contributed by atoms with Gasteiger partial charge in [0.25, 0.3) is 0 Å². The van der Waals surface area contributed by atoms with E-state index in [1.54, 1.807) is 0 Å². The van der Waals surface area contributed by atoms with Crippen LogP contribution in [0.2, 0.25) is 0 Å². The normalized spacial score (nSPS) is 10.2. The SMILES string of the molecule is CCCCCCCC(=O)NCCSC(=O)CC(=O)S. The van der Waals surface area contributed by atoms with Crippen molar-refractivity contribution in [1.29, 1.82) is 0 Å². The molecule has 1 N–H and O–H groups in total. The summed E-state index contributed by atoms with van der Waals surface area (Å²) < 4.78 is 0. The molecule has 0 aliphatic carbocycles. The Balaban J connectivity index is 3.38. The molecule has 0 aliphatic heterocycles. The maximum atomic E-state index is 11.4. The van der Waals surface area contributed by atoms with Gasteiger partial charge >= 0.3 is 0 Å². The standard InChI is InChI=1S/C13H23NO3S2/c1-2-3-4-5-6-7-11(15)14-8-9-19-13(17)10-12(16)18/h2-10H2,1H3,(H,14,15)(H,16,18). The van der Waals surface area contributed by atoms with Gasteiger partial charge in [0.2, 0.25) is 5.91 Å². The molecule has 0 aromatic rings. The van der Waals surface area contributed by atoms with E-state index in [4.69, 9.17) is 0 Å². The lowest BCUT2D eigenvalue weighted by atomic mass is 10.1. The Morgan fingerprint density at radius 2 is 1.79 bits per heavy atom. The summed E-state index contributed by atoms with van der Waals surface area (Å²) in [6, 6.07) is 0. The number of thioether (sulfide) groups is 1. The van der Waals surface area contributed by atoms with Crippen molar-refractivity contribution in [1.82, 2.24) is 5.32 Å². The lowest BCUT2D eigenvalue weighted by Gasteiger charge is -2.04. The van der Waals surface area contributed by atoms with Gasteiger partial charge in [0, 0.05) is 18.7 Å². The first-order valence-corrected chi connectivity index (χ1v) is 8.13. The molecule has 0 saturated heterocycles. The first-order chi connectivity index (χ1) is 9.06. The molecule has 0 fully saturated rings. The highest BCUT2D eigenvalue weighted by Gasteiger charge is 2.07. The molecule has 6 heteroatoms. The van der Waals surface area contributed by atoms with E-state index in [0.29, 0.717) is 18.7 Å². The van der Waals surface area contributed by atoms with Crippen molar-refractivity contribution in [2.24, 2.45) is 0 Å². The van der Waals surface area contributed by atoms with Crippen LogP contribution < -0.4 is 5.32 Å². The number of carbonyl (C=O) groups excluding carboxylic acids is 3. The van der Waals surface area contributed by atoms with Gasteiger partial charge in [-0.25, -0.2) is 0 Å². The van der Waals surface area contributed by atoms with Crippen molar-refractivity contribution in [3.63, 3.8) is 0 Å². The molecular weight excluding hydrogens is 282 g/mol. The summed E-state index contributed by atoms with van der Waals surface area (Å²) in [4.78, 5) is 33.1. The minimum atomic E-state index is -0.423. The molecule has 110 valence electrons. The first-order valence-electron chi connectivity index (χ1n) is 6.70. The molecule has 0 atom stereocenters. The van der Waals surface area contributed by atoms with Crippen LogP contribution in [0.1, 0.15) is 51.9 Å². The smallest absolute Gasteiger partial charge is 0.220 e. The molecule has 0 unspecified atom stereocenters. The molecule has 0 spiro atoms. The van der Waals surface area contributed by atoms with Gasteiger partial charge in [-0.05, 0) is 6.42 Å². The zero-order valence-electron chi connectivity index (χ0n) is 11.4. The highest BCUT2D eigenvalue weighted by Crippen LogP contribution is 2.06. The predicted molar refractivity (Wildman–Crippen MR) is 82.5 cm³/mol. The number of nitrogens with one attached hydrogen (secondary N) is 1. The monoisotopic (exact) mass is 305 g/mol. The highest BCUT2D eigenvalue weighted by molar-refractivity contribution is 8.13. The molecule has 0 aromatic heterocycles. The van der Waals surface area contributed by atoms with Crippen LogP contribution in [-0.4, -0.2) is 28.4 Å². The van der Waals surface area contributed by atoms with Crippen LogP contribution in [0.3, 0.4) is 0 Å². The van der Waals surface area contributed by atoms with Gasteiger partial charge in [0.05, 0.1) is 6.42 Å². The third kappa shape index (κ3) is 13.7. The van der Waals surface area contributed by atoms with E-state index in [0.717, 1.165) is 24.6 Å². The molecular formula is C13H23NO3S2. The molecule has 0 aliphatic rings. The van der Waals surface area contributed by atoms with E-state index in [1.165, 1.54) is 19.3 Å². The number of thiol groups is 1. The van der Waals surface area contributed by atoms with Crippen LogP contribution in [0.4, 0.5) is 0 Å². The van der Waals surface area contributed by atoms with Gasteiger partial charge in [-0.3, -0.25) is 14.4 Å². The van der Waals surface area contributed by atoms with Crippen LogP contribution in [0, 0.1) is 0 Å². The van der Waals surface area contributed by atoms with Crippen molar-refractivity contribution in [2.75, 3.05) is 12.3 Å². The maximum absolute atomic E-state index is 11.4. The van der Waals surface area contributed by atoms with E-state index in [1.807, 2.05) is 0 Å². The highest BCUT2D eigenvalue weighted by atomic mass is 32.2. The van der Waals surface area contributed by atoms with Crippen molar-refractivity contribution in [3.05, 3.63) is 0 Å². The van der Waals surface area contributed by atoms with Crippen molar-refractivity contribution < 1.29 is 14.4 Å². The summed E-state index contributed by atoms with van der Waals surface area (Å²) in [6.45, 7) is 2.62. The minimum absolute atomic E-state index is 0.0369. The second kappa shape index (κ2) is 12.5.